The van der Waals surface area contributed by atoms with Gasteiger partial charge in [-0.25, -0.2) is 13.2 Å². The molecule has 112 valence electrons. The second-order valence-corrected chi connectivity index (χ2v) is 7.46. The molecule has 1 aromatic heterocycles. The van der Waals surface area contributed by atoms with E-state index in [9.17, 15) is 13.2 Å². The molecule has 2 rings (SSSR count). The highest BCUT2D eigenvalue weighted by Gasteiger charge is 2.33. The molecule has 0 bridgehead atoms. The van der Waals surface area contributed by atoms with E-state index in [1.807, 2.05) is 6.92 Å². The molecule has 0 saturated carbocycles. The van der Waals surface area contributed by atoms with Gasteiger partial charge in [0.2, 0.25) is 15.8 Å². The van der Waals surface area contributed by atoms with Crippen molar-refractivity contribution in [2.75, 3.05) is 13.1 Å². The number of carboxylic acids is 1. The minimum absolute atomic E-state index is 0.0616. The summed E-state index contributed by atoms with van der Waals surface area (Å²) in [6.45, 7) is 2.97. The normalized spacial score (nSPS) is 21.0. The summed E-state index contributed by atoms with van der Waals surface area (Å²) in [5.41, 5.74) is 0. The number of halogens is 1. The summed E-state index contributed by atoms with van der Waals surface area (Å²) in [7, 11) is -3.72. The first-order valence-corrected chi connectivity index (χ1v) is 8.62. The number of carboxylic acid groups (broad SMARTS) is 1. The van der Waals surface area contributed by atoms with Gasteiger partial charge in [0.05, 0.1) is 0 Å². The second-order valence-electron chi connectivity index (χ2n) is 4.83. The topological polar surface area (TPSA) is 87.8 Å². The number of hydrogen-bond donors (Lipinski definition) is 1. The van der Waals surface area contributed by atoms with Crippen molar-refractivity contribution in [2.45, 2.75) is 31.1 Å². The summed E-state index contributed by atoms with van der Waals surface area (Å²) in [5.74, 6) is -1.33. The zero-order valence-electron chi connectivity index (χ0n) is 11.0. The van der Waals surface area contributed by atoms with Crippen LogP contribution in [0.3, 0.4) is 0 Å². The number of piperidine rings is 1. The van der Waals surface area contributed by atoms with Crippen molar-refractivity contribution in [3.8, 4) is 0 Å². The Bertz CT molecular complexity index is 609. The van der Waals surface area contributed by atoms with Crippen LogP contribution < -0.4 is 0 Å². The fourth-order valence-corrected chi connectivity index (χ4v) is 4.81. The van der Waals surface area contributed by atoms with E-state index in [0.29, 0.717) is 19.0 Å². The zero-order chi connectivity index (χ0) is 14.9. The van der Waals surface area contributed by atoms with Gasteiger partial charge in [-0.2, -0.15) is 4.31 Å². The lowest BCUT2D eigenvalue weighted by Gasteiger charge is -2.31. The Morgan fingerprint density at radius 2 is 2.30 bits per heavy atom. The van der Waals surface area contributed by atoms with E-state index in [1.54, 1.807) is 0 Å². The van der Waals surface area contributed by atoms with Crippen molar-refractivity contribution in [2.24, 2.45) is 5.92 Å². The van der Waals surface area contributed by atoms with Crippen molar-refractivity contribution in [3.63, 3.8) is 0 Å². The van der Waals surface area contributed by atoms with Gasteiger partial charge in [0, 0.05) is 19.2 Å². The van der Waals surface area contributed by atoms with Crippen LogP contribution in [0, 0.1) is 5.92 Å². The minimum atomic E-state index is -3.72. The molecule has 0 radical (unpaired) electrons. The van der Waals surface area contributed by atoms with Crippen LogP contribution in [0.15, 0.2) is 20.0 Å². The molecule has 2 heterocycles. The van der Waals surface area contributed by atoms with Crippen LogP contribution in [0.25, 0.3) is 0 Å². The molecule has 1 aliphatic rings. The Hall–Kier alpha value is -0.860. The zero-order valence-corrected chi connectivity index (χ0v) is 13.4. The van der Waals surface area contributed by atoms with Gasteiger partial charge >= 0.3 is 5.97 Å². The summed E-state index contributed by atoms with van der Waals surface area (Å²) in [6, 6.07) is 1.05. The molecular formula is C12H16BrNO5S. The van der Waals surface area contributed by atoms with Crippen LogP contribution in [-0.2, 0) is 10.0 Å². The Morgan fingerprint density at radius 1 is 1.60 bits per heavy atom. The molecule has 8 heteroatoms. The standard InChI is InChI=1S/C12H16BrNO5S/c1-2-8-4-3-5-14(7-8)20(17,18)10-6-9(12(15)16)19-11(10)13/h6,8H,2-5,7H2,1H3,(H,15,16). The van der Waals surface area contributed by atoms with Gasteiger partial charge in [0.15, 0.2) is 4.67 Å². The first-order chi connectivity index (χ1) is 9.36. The van der Waals surface area contributed by atoms with E-state index in [2.05, 4.69) is 15.9 Å². The third-order valence-corrected chi connectivity index (χ3v) is 6.27. The second kappa shape index (κ2) is 5.87. The summed E-state index contributed by atoms with van der Waals surface area (Å²) in [6.07, 6.45) is 2.77. The van der Waals surface area contributed by atoms with Gasteiger partial charge in [-0.15, -0.1) is 0 Å². The van der Waals surface area contributed by atoms with Gasteiger partial charge in [-0.05, 0) is 34.7 Å². The maximum absolute atomic E-state index is 12.5. The van der Waals surface area contributed by atoms with Gasteiger partial charge in [0.1, 0.15) is 4.90 Å². The smallest absolute Gasteiger partial charge is 0.371 e. The van der Waals surface area contributed by atoms with Crippen molar-refractivity contribution in [1.82, 2.24) is 4.31 Å². The van der Waals surface area contributed by atoms with Gasteiger partial charge in [-0.1, -0.05) is 13.3 Å². The molecule has 0 aromatic carbocycles. The monoisotopic (exact) mass is 365 g/mol. The maximum Gasteiger partial charge on any atom is 0.371 e. The molecule has 20 heavy (non-hydrogen) atoms. The number of hydrogen-bond acceptors (Lipinski definition) is 4. The molecule has 1 unspecified atom stereocenters. The van der Waals surface area contributed by atoms with Crippen LogP contribution in [0.5, 0.6) is 0 Å². The van der Waals surface area contributed by atoms with Crippen LogP contribution in [0.1, 0.15) is 36.7 Å². The molecular weight excluding hydrogens is 350 g/mol. The van der Waals surface area contributed by atoms with Crippen LogP contribution >= 0.6 is 15.9 Å². The number of carbonyl (C=O) groups is 1. The summed E-state index contributed by atoms with van der Waals surface area (Å²) >= 11 is 2.98. The predicted molar refractivity (Wildman–Crippen MR) is 75.1 cm³/mol. The lowest BCUT2D eigenvalue weighted by atomic mass is 9.97. The number of aromatic carboxylic acids is 1. The van der Waals surface area contributed by atoms with Crippen molar-refractivity contribution < 1.29 is 22.7 Å². The van der Waals surface area contributed by atoms with E-state index in [-0.39, 0.29) is 15.3 Å². The van der Waals surface area contributed by atoms with Crippen LogP contribution in [-0.4, -0.2) is 36.9 Å². The van der Waals surface area contributed by atoms with E-state index in [1.165, 1.54) is 4.31 Å². The van der Waals surface area contributed by atoms with Gasteiger partial charge in [-0.3, -0.25) is 0 Å². The van der Waals surface area contributed by atoms with Crippen LogP contribution in [0.4, 0.5) is 0 Å². The number of sulfonamides is 1. The molecule has 1 fully saturated rings. The molecule has 1 N–H and O–H groups in total. The average molecular weight is 366 g/mol. The van der Waals surface area contributed by atoms with Crippen molar-refractivity contribution in [1.29, 1.82) is 0 Å². The Morgan fingerprint density at radius 3 is 2.85 bits per heavy atom. The summed E-state index contributed by atoms with van der Waals surface area (Å²) in [4.78, 5) is 10.7. The highest BCUT2D eigenvalue weighted by molar-refractivity contribution is 9.10. The van der Waals surface area contributed by atoms with Gasteiger partial charge in [0.25, 0.3) is 0 Å². The van der Waals surface area contributed by atoms with E-state index in [0.717, 1.165) is 25.3 Å². The van der Waals surface area contributed by atoms with Crippen LogP contribution in [0.2, 0.25) is 0 Å². The minimum Gasteiger partial charge on any atom is -0.475 e. The van der Waals surface area contributed by atoms with Crippen molar-refractivity contribution in [3.05, 3.63) is 16.5 Å². The molecule has 1 aromatic rings. The third kappa shape index (κ3) is 2.91. The Labute approximate surface area is 125 Å². The highest BCUT2D eigenvalue weighted by atomic mass is 79.9. The Balaban J connectivity index is 2.32. The molecule has 1 saturated heterocycles. The fraction of sp³-hybridized carbons (Fsp3) is 0.583. The number of furan rings is 1. The largest absolute Gasteiger partial charge is 0.475 e. The lowest BCUT2D eigenvalue weighted by molar-refractivity contribution is 0.0661. The maximum atomic E-state index is 12.5. The summed E-state index contributed by atoms with van der Waals surface area (Å²) < 4.78 is 31.4. The van der Waals surface area contributed by atoms with Gasteiger partial charge < -0.3 is 9.52 Å². The molecule has 0 amide bonds. The molecule has 1 atom stereocenters. The number of nitrogens with zero attached hydrogens (tertiary/aromatic N) is 1. The first-order valence-electron chi connectivity index (χ1n) is 6.39. The quantitative estimate of drug-likeness (QED) is 0.885. The molecule has 0 aliphatic carbocycles. The SMILES string of the molecule is CCC1CCCN(S(=O)(=O)c2cc(C(=O)O)oc2Br)C1. The highest BCUT2D eigenvalue weighted by Crippen LogP contribution is 2.31. The number of rotatable bonds is 4. The Kier molecular flexibility index (Phi) is 4.55. The first kappa shape index (κ1) is 15.5. The predicted octanol–water partition coefficient (Wildman–Crippen LogP) is 2.55. The van der Waals surface area contributed by atoms with E-state index < -0.39 is 16.0 Å². The average Bonchev–Trinajstić information content (AvgIpc) is 2.82. The lowest BCUT2D eigenvalue weighted by Crippen LogP contribution is -2.39. The van der Waals surface area contributed by atoms with E-state index >= 15 is 0 Å². The summed E-state index contributed by atoms with van der Waals surface area (Å²) in [5, 5.41) is 8.86. The molecule has 6 nitrogen and oxygen atoms in total. The van der Waals surface area contributed by atoms with E-state index in [4.69, 9.17) is 9.52 Å². The fourth-order valence-electron chi connectivity index (χ4n) is 2.35. The van der Waals surface area contributed by atoms with Crippen molar-refractivity contribution >= 4 is 31.9 Å². The molecule has 0 spiro atoms. The third-order valence-electron chi connectivity index (χ3n) is 3.54. The molecule has 1 aliphatic heterocycles.